The van der Waals surface area contributed by atoms with Crippen LogP contribution >= 0.6 is 10.7 Å². The van der Waals surface area contributed by atoms with E-state index in [9.17, 15) is 8.42 Å². The second-order valence-electron chi connectivity index (χ2n) is 3.86. The van der Waals surface area contributed by atoms with Gasteiger partial charge >= 0.3 is 0 Å². The molecule has 1 fully saturated rings. The molecule has 1 aliphatic rings. The fraction of sp³-hybridized carbons (Fsp3) is 0.333. The number of rotatable bonds is 3. The highest BCUT2D eigenvalue weighted by molar-refractivity contribution is 8.13. The van der Waals surface area contributed by atoms with Gasteiger partial charge in [-0.2, -0.15) is 0 Å². The van der Waals surface area contributed by atoms with Crippen molar-refractivity contribution in [1.29, 1.82) is 0 Å². The van der Waals surface area contributed by atoms with Crippen molar-refractivity contribution in [3.63, 3.8) is 0 Å². The van der Waals surface area contributed by atoms with Gasteiger partial charge in [-0.1, -0.05) is 0 Å². The first-order chi connectivity index (χ1) is 8.07. The van der Waals surface area contributed by atoms with Gasteiger partial charge in [0.05, 0.1) is 11.8 Å². The van der Waals surface area contributed by atoms with Crippen molar-refractivity contribution in [2.45, 2.75) is 24.0 Å². The van der Waals surface area contributed by atoms with E-state index in [1.54, 1.807) is 10.6 Å². The average molecular weight is 274 g/mol. The second kappa shape index (κ2) is 3.58. The molecule has 2 aromatic rings. The summed E-state index contributed by atoms with van der Waals surface area (Å²) in [5, 5.41) is 7.34. The van der Waals surface area contributed by atoms with Gasteiger partial charge in [-0.3, -0.25) is 4.57 Å². The monoisotopic (exact) mass is 273 g/mol. The molecular formula is C9H8ClN3O3S. The largest absolute Gasteiger partial charge is 0.472 e. The maximum atomic E-state index is 11.4. The van der Waals surface area contributed by atoms with Crippen LogP contribution in [0.3, 0.4) is 0 Å². The molecule has 0 atom stereocenters. The van der Waals surface area contributed by atoms with Gasteiger partial charge in [0.25, 0.3) is 14.2 Å². The second-order valence-corrected chi connectivity index (χ2v) is 6.32. The van der Waals surface area contributed by atoms with Crippen molar-refractivity contribution in [1.82, 2.24) is 14.8 Å². The van der Waals surface area contributed by atoms with Crippen LogP contribution in [0.25, 0.3) is 11.4 Å². The van der Waals surface area contributed by atoms with Crippen LogP contribution in [0.1, 0.15) is 18.9 Å². The fourth-order valence-electron chi connectivity index (χ4n) is 1.69. The van der Waals surface area contributed by atoms with Gasteiger partial charge in [0.15, 0.2) is 5.82 Å². The van der Waals surface area contributed by atoms with Gasteiger partial charge in [0.2, 0.25) is 0 Å². The van der Waals surface area contributed by atoms with Crippen molar-refractivity contribution in [3.8, 4) is 11.4 Å². The number of furan rings is 1. The number of hydrogen-bond acceptors (Lipinski definition) is 5. The standard InChI is InChI=1S/C9H8ClN3O3S/c10-17(14,15)9-12-11-8(6-3-4-16-5-6)13(9)7-1-2-7/h3-5,7H,1-2H2. The van der Waals surface area contributed by atoms with Crippen molar-refractivity contribution in [2.75, 3.05) is 0 Å². The van der Waals surface area contributed by atoms with Crippen LogP contribution in [0.2, 0.25) is 0 Å². The van der Waals surface area contributed by atoms with Gasteiger partial charge in [0.1, 0.15) is 6.26 Å². The first-order valence-electron chi connectivity index (χ1n) is 4.99. The lowest BCUT2D eigenvalue weighted by Crippen LogP contribution is -2.05. The highest BCUT2D eigenvalue weighted by atomic mass is 35.7. The molecule has 0 aromatic carbocycles. The number of halogens is 1. The van der Waals surface area contributed by atoms with Gasteiger partial charge in [-0.05, 0) is 18.9 Å². The molecular weight excluding hydrogens is 266 g/mol. The molecule has 1 saturated carbocycles. The molecule has 0 spiro atoms. The van der Waals surface area contributed by atoms with Crippen LogP contribution in [0, 0.1) is 0 Å². The molecule has 8 heteroatoms. The van der Waals surface area contributed by atoms with Crippen LogP contribution in [0.15, 0.2) is 28.2 Å². The van der Waals surface area contributed by atoms with Crippen LogP contribution in [-0.4, -0.2) is 23.2 Å². The molecule has 90 valence electrons. The molecule has 3 rings (SSSR count). The van der Waals surface area contributed by atoms with Gasteiger partial charge in [-0.15, -0.1) is 10.2 Å². The lowest BCUT2D eigenvalue weighted by atomic mass is 10.3. The summed E-state index contributed by atoms with van der Waals surface area (Å²) >= 11 is 0. The minimum Gasteiger partial charge on any atom is -0.472 e. The molecule has 0 bridgehead atoms. The molecule has 2 aromatic heterocycles. The lowest BCUT2D eigenvalue weighted by molar-refractivity contribution is 0.566. The predicted octanol–water partition coefficient (Wildman–Crippen LogP) is 1.80. The summed E-state index contributed by atoms with van der Waals surface area (Å²) in [7, 11) is 1.46. The molecule has 6 nitrogen and oxygen atoms in total. The minimum atomic E-state index is -3.88. The first-order valence-corrected chi connectivity index (χ1v) is 7.30. The minimum absolute atomic E-state index is 0.110. The van der Waals surface area contributed by atoms with Crippen LogP contribution in [0.5, 0.6) is 0 Å². The van der Waals surface area contributed by atoms with E-state index in [2.05, 4.69) is 10.2 Å². The summed E-state index contributed by atoms with van der Waals surface area (Å²) in [6.07, 6.45) is 4.80. The molecule has 0 N–H and O–H groups in total. The highest BCUT2D eigenvalue weighted by Crippen LogP contribution is 2.40. The van der Waals surface area contributed by atoms with E-state index in [1.807, 2.05) is 0 Å². The molecule has 0 amide bonds. The van der Waals surface area contributed by atoms with E-state index in [1.165, 1.54) is 12.5 Å². The molecule has 2 heterocycles. The zero-order valence-electron chi connectivity index (χ0n) is 8.58. The Kier molecular flexibility index (Phi) is 2.27. The van der Waals surface area contributed by atoms with E-state index < -0.39 is 9.05 Å². The summed E-state index contributed by atoms with van der Waals surface area (Å²) in [5.74, 6) is 0.473. The Hall–Kier alpha value is -1.34. The van der Waals surface area contributed by atoms with E-state index in [0.29, 0.717) is 11.4 Å². The Balaban J connectivity index is 2.21. The van der Waals surface area contributed by atoms with Crippen molar-refractivity contribution in [3.05, 3.63) is 18.6 Å². The third-order valence-electron chi connectivity index (χ3n) is 2.57. The van der Waals surface area contributed by atoms with Gasteiger partial charge in [0, 0.05) is 16.7 Å². The smallest absolute Gasteiger partial charge is 0.296 e. The Bertz CT molecular complexity index is 643. The zero-order valence-corrected chi connectivity index (χ0v) is 10.1. The maximum absolute atomic E-state index is 11.4. The number of aromatic nitrogens is 3. The van der Waals surface area contributed by atoms with E-state index in [0.717, 1.165) is 12.8 Å². The molecule has 0 aliphatic heterocycles. The Morgan fingerprint density at radius 2 is 2.18 bits per heavy atom. The Morgan fingerprint density at radius 1 is 1.41 bits per heavy atom. The highest BCUT2D eigenvalue weighted by Gasteiger charge is 2.34. The third kappa shape index (κ3) is 1.85. The van der Waals surface area contributed by atoms with E-state index >= 15 is 0 Å². The molecule has 17 heavy (non-hydrogen) atoms. The first kappa shape index (κ1) is 10.8. The SMILES string of the molecule is O=S(=O)(Cl)c1nnc(-c2ccoc2)n1C1CC1. The molecule has 0 radical (unpaired) electrons. The number of nitrogens with zero attached hydrogens (tertiary/aromatic N) is 3. The van der Waals surface area contributed by atoms with Crippen molar-refractivity contribution >= 4 is 19.7 Å². The third-order valence-corrected chi connectivity index (χ3v) is 3.70. The van der Waals surface area contributed by atoms with Crippen molar-refractivity contribution < 1.29 is 12.8 Å². The summed E-state index contributed by atoms with van der Waals surface area (Å²) < 4.78 is 29.3. The van der Waals surface area contributed by atoms with E-state index in [4.69, 9.17) is 15.1 Å². The summed E-state index contributed by atoms with van der Waals surface area (Å²) in [6, 6.07) is 1.81. The summed E-state index contributed by atoms with van der Waals surface area (Å²) in [5.41, 5.74) is 0.691. The molecule has 0 saturated heterocycles. The topological polar surface area (TPSA) is 78.0 Å². The Labute approximate surface area is 102 Å². The van der Waals surface area contributed by atoms with Crippen LogP contribution in [0.4, 0.5) is 0 Å². The summed E-state index contributed by atoms with van der Waals surface area (Å²) in [4.78, 5) is 0. The Morgan fingerprint density at radius 3 is 2.71 bits per heavy atom. The lowest BCUT2D eigenvalue weighted by Gasteiger charge is -2.04. The summed E-state index contributed by atoms with van der Waals surface area (Å²) in [6.45, 7) is 0. The van der Waals surface area contributed by atoms with Crippen LogP contribution in [-0.2, 0) is 9.05 Å². The predicted molar refractivity (Wildman–Crippen MR) is 59.0 cm³/mol. The molecule has 0 unspecified atom stereocenters. The molecule has 1 aliphatic carbocycles. The fourth-order valence-corrected chi connectivity index (χ4v) is 2.62. The van der Waals surface area contributed by atoms with E-state index in [-0.39, 0.29) is 11.2 Å². The van der Waals surface area contributed by atoms with Gasteiger partial charge in [-0.25, -0.2) is 8.42 Å². The normalized spacial score (nSPS) is 16.3. The number of hydrogen-bond donors (Lipinski definition) is 0. The van der Waals surface area contributed by atoms with Gasteiger partial charge < -0.3 is 4.42 Å². The van der Waals surface area contributed by atoms with Crippen molar-refractivity contribution in [2.24, 2.45) is 0 Å². The zero-order chi connectivity index (χ0) is 12.0. The maximum Gasteiger partial charge on any atom is 0.296 e. The quantitative estimate of drug-likeness (QED) is 0.797. The average Bonchev–Trinajstić information content (AvgIpc) is 2.81. The van der Waals surface area contributed by atoms with Crippen LogP contribution < -0.4 is 0 Å².